The molecule has 0 unspecified atom stereocenters. The SMILES string of the molecule is COc1ccc(OCCSc2nnc3n(-c4cc(C)ccc4C)c(=O)c4ccccc4n23)cc1. The Labute approximate surface area is 201 Å². The van der Waals surface area contributed by atoms with Crippen LogP contribution in [0.15, 0.2) is 76.7 Å². The van der Waals surface area contributed by atoms with Gasteiger partial charge in [0.1, 0.15) is 11.5 Å². The van der Waals surface area contributed by atoms with Crippen LogP contribution in [0.5, 0.6) is 11.5 Å². The predicted octanol–water partition coefficient (Wildman–Crippen LogP) is 4.83. The van der Waals surface area contributed by atoms with Crippen LogP contribution in [0, 0.1) is 13.8 Å². The molecule has 5 aromatic rings. The minimum atomic E-state index is -0.108. The zero-order valence-electron chi connectivity index (χ0n) is 19.2. The van der Waals surface area contributed by atoms with Gasteiger partial charge in [0.05, 0.1) is 30.3 Å². The number of rotatable bonds is 7. The topological polar surface area (TPSA) is 70.7 Å². The Hall–Kier alpha value is -3.78. The van der Waals surface area contributed by atoms with Gasteiger partial charge in [-0.2, -0.15) is 0 Å². The van der Waals surface area contributed by atoms with E-state index in [0.717, 1.165) is 33.8 Å². The van der Waals surface area contributed by atoms with Gasteiger partial charge in [-0.15, -0.1) is 10.2 Å². The molecule has 0 aliphatic rings. The molecule has 0 bridgehead atoms. The highest BCUT2D eigenvalue weighted by Gasteiger charge is 2.19. The molecule has 3 aromatic carbocycles. The molecule has 0 aliphatic carbocycles. The molecule has 172 valence electrons. The van der Waals surface area contributed by atoms with Crippen molar-refractivity contribution in [2.45, 2.75) is 19.0 Å². The first-order valence-electron chi connectivity index (χ1n) is 10.9. The van der Waals surface area contributed by atoms with Gasteiger partial charge in [-0.1, -0.05) is 36.0 Å². The summed E-state index contributed by atoms with van der Waals surface area (Å²) in [4.78, 5) is 13.5. The lowest BCUT2D eigenvalue weighted by Crippen LogP contribution is -2.22. The Morgan fingerprint density at radius 2 is 1.71 bits per heavy atom. The summed E-state index contributed by atoms with van der Waals surface area (Å²) in [6.07, 6.45) is 0. The minimum absolute atomic E-state index is 0.108. The molecule has 0 N–H and O–H groups in total. The van der Waals surface area contributed by atoms with Crippen molar-refractivity contribution in [3.8, 4) is 17.2 Å². The summed E-state index contributed by atoms with van der Waals surface area (Å²) in [6, 6.07) is 21.1. The summed E-state index contributed by atoms with van der Waals surface area (Å²) >= 11 is 1.54. The lowest BCUT2D eigenvalue weighted by atomic mass is 10.1. The van der Waals surface area contributed by atoms with E-state index in [2.05, 4.69) is 10.2 Å². The Morgan fingerprint density at radius 1 is 0.941 bits per heavy atom. The Bertz CT molecular complexity index is 1540. The zero-order chi connectivity index (χ0) is 23.7. The number of hydrogen-bond acceptors (Lipinski definition) is 6. The number of para-hydroxylation sites is 1. The quantitative estimate of drug-likeness (QED) is 0.250. The third-order valence-corrected chi connectivity index (χ3v) is 6.54. The van der Waals surface area contributed by atoms with Crippen molar-refractivity contribution >= 4 is 28.4 Å². The van der Waals surface area contributed by atoms with Crippen LogP contribution < -0.4 is 15.0 Å². The van der Waals surface area contributed by atoms with E-state index in [1.807, 2.05) is 85.0 Å². The average Bonchev–Trinajstić information content (AvgIpc) is 3.28. The van der Waals surface area contributed by atoms with Gasteiger partial charge in [0.25, 0.3) is 5.56 Å². The summed E-state index contributed by atoms with van der Waals surface area (Å²) in [5.41, 5.74) is 3.56. The second kappa shape index (κ2) is 9.23. The molecule has 0 amide bonds. The van der Waals surface area contributed by atoms with Crippen LogP contribution in [-0.4, -0.2) is 38.6 Å². The van der Waals surface area contributed by atoms with Crippen molar-refractivity contribution in [3.63, 3.8) is 0 Å². The van der Waals surface area contributed by atoms with E-state index in [9.17, 15) is 4.79 Å². The number of methoxy groups -OCH3 is 1. The van der Waals surface area contributed by atoms with E-state index in [1.54, 1.807) is 11.7 Å². The zero-order valence-corrected chi connectivity index (χ0v) is 20.0. The van der Waals surface area contributed by atoms with Crippen LogP contribution in [0.3, 0.4) is 0 Å². The van der Waals surface area contributed by atoms with Gasteiger partial charge < -0.3 is 9.47 Å². The molecule has 8 heteroatoms. The molecule has 0 spiro atoms. The molecular weight excluding hydrogens is 448 g/mol. The first kappa shape index (κ1) is 22.0. The van der Waals surface area contributed by atoms with Crippen molar-refractivity contribution < 1.29 is 9.47 Å². The van der Waals surface area contributed by atoms with Crippen LogP contribution in [-0.2, 0) is 0 Å². The maximum Gasteiger partial charge on any atom is 0.267 e. The van der Waals surface area contributed by atoms with Crippen LogP contribution in [0.25, 0.3) is 22.4 Å². The summed E-state index contributed by atoms with van der Waals surface area (Å²) in [6.45, 7) is 4.51. The Morgan fingerprint density at radius 3 is 2.50 bits per heavy atom. The van der Waals surface area contributed by atoms with Gasteiger partial charge in [0, 0.05) is 5.75 Å². The van der Waals surface area contributed by atoms with E-state index in [4.69, 9.17) is 9.47 Å². The fourth-order valence-electron chi connectivity index (χ4n) is 3.91. The molecule has 0 fully saturated rings. The minimum Gasteiger partial charge on any atom is -0.497 e. The molecule has 5 rings (SSSR count). The third-order valence-electron chi connectivity index (χ3n) is 5.64. The Kier molecular flexibility index (Phi) is 5.98. The molecule has 34 heavy (non-hydrogen) atoms. The number of ether oxygens (including phenoxy) is 2. The van der Waals surface area contributed by atoms with Gasteiger partial charge in [0.15, 0.2) is 5.16 Å². The highest BCUT2D eigenvalue weighted by molar-refractivity contribution is 7.99. The monoisotopic (exact) mass is 472 g/mol. The van der Waals surface area contributed by atoms with Gasteiger partial charge in [-0.05, 0) is 67.4 Å². The number of aromatic nitrogens is 4. The van der Waals surface area contributed by atoms with E-state index < -0.39 is 0 Å². The van der Waals surface area contributed by atoms with Crippen molar-refractivity contribution in [3.05, 3.63) is 88.2 Å². The van der Waals surface area contributed by atoms with Gasteiger partial charge in [-0.25, -0.2) is 4.57 Å². The fraction of sp³-hybridized carbons (Fsp3) is 0.192. The lowest BCUT2D eigenvalue weighted by molar-refractivity contribution is 0.342. The van der Waals surface area contributed by atoms with Crippen molar-refractivity contribution in [2.24, 2.45) is 0 Å². The molecule has 0 atom stereocenters. The average molecular weight is 473 g/mol. The molecular formula is C26H24N4O3S. The first-order valence-corrected chi connectivity index (χ1v) is 11.9. The number of nitrogens with zero attached hydrogens (tertiary/aromatic N) is 4. The molecule has 0 radical (unpaired) electrons. The van der Waals surface area contributed by atoms with Crippen LogP contribution in [0.4, 0.5) is 0 Å². The highest BCUT2D eigenvalue weighted by Crippen LogP contribution is 2.25. The number of aryl methyl sites for hydroxylation is 2. The van der Waals surface area contributed by atoms with Crippen molar-refractivity contribution in [1.29, 1.82) is 0 Å². The molecule has 2 aromatic heterocycles. The molecule has 2 heterocycles. The highest BCUT2D eigenvalue weighted by atomic mass is 32.2. The summed E-state index contributed by atoms with van der Waals surface area (Å²) < 4.78 is 14.7. The standard InChI is InChI=1S/C26H24N4O3S/c1-17-8-9-18(2)23(16-17)29-24(31)21-6-4-5-7-22(21)30-25(29)27-28-26(30)34-15-14-33-20-12-10-19(32-3)11-13-20/h4-13,16H,14-15H2,1-3H3. The second-order valence-corrected chi connectivity index (χ2v) is 9.00. The molecule has 7 nitrogen and oxygen atoms in total. The van der Waals surface area contributed by atoms with Crippen molar-refractivity contribution in [2.75, 3.05) is 19.5 Å². The Balaban J connectivity index is 1.51. The largest absolute Gasteiger partial charge is 0.497 e. The predicted molar refractivity (Wildman–Crippen MR) is 135 cm³/mol. The summed E-state index contributed by atoms with van der Waals surface area (Å²) in [7, 11) is 1.64. The fourth-order valence-corrected chi connectivity index (χ4v) is 4.67. The molecule has 0 saturated carbocycles. The van der Waals surface area contributed by atoms with Crippen LogP contribution in [0.2, 0.25) is 0 Å². The normalized spacial score (nSPS) is 11.3. The van der Waals surface area contributed by atoms with E-state index >= 15 is 0 Å². The molecule has 0 aliphatic heterocycles. The van der Waals surface area contributed by atoms with Gasteiger partial charge in [0.2, 0.25) is 5.78 Å². The molecule has 0 saturated heterocycles. The summed E-state index contributed by atoms with van der Waals surface area (Å²) in [5, 5.41) is 10.2. The third kappa shape index (κ3) is 4.01. The first-order chi connectivity index (χ1) is 16.6. The van der Waals surface area contributed by atoms with E-state index in [0.29, 0.717) is 28.7 Å². The smallest absolute Gasteiger partial charge is 0.267 e. The van der Waals surface area contributed by atoms with Gasteiger partial charge >= 0.3 is 0 Å². The number of fused-ring (bicyclic) bond motifs is 3. The van der Waals surface area contributed by atoms with E-state index in [-0.39, 0.29) is 5.56 Å². The maximum atomic E-state index is 13.5. The van der Waals surface area contributed by atoms with Crippen LogP contribution in [0.1, 0.15) is 11.1 Å². The second-order valence-electron chi connectivity index (χ2n) is 7.94. The van der Waals surface area contributed by atoms with Gasteiger partial charge in [-0.3, -0.25) is 9.20 Å². The van der Waals surface area contributed by atoms with Crippen LogP contribution >= 0.6 is 11.8 Å². The number of thioether (sulfide) groups is 1. The van der Waals surface area contributed by atoms with E-state index in [1.165, 1.54) is 11.8 Å². The summed E-state index contributed by atoms with van der Waals surface area (Å²) in [5.74, 6) is 2.74. The lowest BCUT2D eigenvalue weighted by Gasteiger charge is -2.14. The number of hydrogen-bond donors (Lipinski definition) is 0. The number of benzene rings is 3. The maximum absolute atomic E-state index is 13.5. The van der Waals surface area contributed by atoms with Crippen molar-refractivity contribution in [1.82, 2.24) is 19.2 Å².